The second kappa shape index (κ2) is 9.57. The fourth-order valence-corrected chi connectivity index (χ4v) is 4.31. The molecule has 4 aromatic rings. The maximum absolute atomic E-state index is 4.72. The second-order valence-electron chi connectivity index (χ2n) is 8.78. The van der Waals surface area contributed by atoms with E-state index in [1.165, 1.54) is 12.0 Å². The highest BCUT2D eigenvalue weighted by atomic mass is 15.2. The minimum absolute atomic E-state index is 0.612. The van der Waals surface area contributed by atoms with E-state index in [0.29, 0.717) is 11.9 Å². The predicted octanol–water partition coefficient (Wildman–Crippen LogP) is 4.40. The maximum Gasteiger partial charge on any atom is 0.178 e. The van der Waals surface area contributed by atoms with Crippen LogP contribution >= 0.6 is 0 Å². The first-order chi connectivity index (χ1) is 16.2. The standard InChI is InChI=1S/C27H28N6/c1-32(2)24-11-14-33(19-24)18-20-6-8-21(9-7-20)22-15-23(17-28-16-22)25-10-13-30-27(31-25)26-5-3-4-12-29-26/h3-10,12-13,15-17,24H,11,14,18-19H2,1-2H3. The Morgan fingerprint density at radius 3 is 2.48 bits per heavy atom. The number of hydrogen-bond acceptors (Lipinski definition) is 6. The Morgan fingerprint density at radius 1 is 0.879 bits per heavy atom. The Labute approximate surface area is 195 Å². The van der Waals surface area contributed by atoms with Gasteiger partial charge in [-0.2, -0.15) is 0 Å². The van der Waals surface area contributed by atoms with E-state index in [1.54, 1.807) is 12.4 Å². The van der Waals surface area contributed by atoms with Gasteiger partial charge in [0.2, 0.25) is 0 Å². The van der Waals surface area contributed by atoms with Gasteiger partial charge in [0.1, 0.15) is 5.69 Å². The fraction of sp³-hybridized carbons (Fsp3) is 0.259. The van der Waals surface area contributed by atoms with Crippen LogP contribution in [-0.2, 0) is 6.54 Å². The number of hydrogen-bond donors (Lipinski definition) is 0. The monoisotopic (exact) mass is 436 g/mol. The van der Waals surface area contributed by atoms with Crippen molar-refractivity contribution in [1.29, 1.82) is 0 Å². The molecule has 1 fully saturated rings. The molecule has 0 bridgehead atoms. The van der Waals surface area contributed by atoms with Gasteiger partial charge < -0.3 is 4.90 Å². The molecule has 1 unspecified atom stereocenters. The number of rotatable bonds is 6. The van der Waals surface area contributed by atoms with Crippen LogP contribution in [0.4, 0.5) is 0 Å². The van der Waals surface area contributed by atoms with Gasteiger partial charge in [-0.15, -0.1) is 0 Å². The normalized spacial score (nSPS) is 16.4. The van der Waals surface area contributed by atoms with E-state index in [2.05, 4.69) is 69.2 Å². The number of benzene rings is 1. The number of nitrogens with zero attached hydrogens (tertiary/aromatic N) is 6. The summed E-state index contributed by atoms with van der Waals surface area (Å²) in [6, 6.07) is 19.3. The average Bonchev–Trinajstić information content (AvgIpc) is 3.34. The number of likely N-dealkylation sites (N-methyl/N-ethyl adjacent to an activating group) is 1. The first-order valence-electron chi connectivity index (χ1n) is 11.3. The lowest BCUT2D eigenvalue weighted by Gasteiger charge is -2.20. The summed E-state index contributed by atoms with van der Waals surface area (Å²) in [5, 5.41) is 0. The van der Waals surface area contributed by atoms with Crippen molar-refractivity contribution in [2.75, 3.05) is 27.2 Å². The van der Waals surface area contributed by atoms with Gasteiger partial charge in [-0.1, -0.05) is 30.3 Å². The van der Waals surface area contributed by atoms with Crippen molar-refractivity contribution in [1.82, 2.24) is 29.7 Å². The third-order valence-corrected chi connectivity index (χ3v) is 6.25. The van der Waals surface area contributed by atoms with E-state index in [4.69, 9.17) is 4.98 Å². The van der Waals surface area contributed by atoms with E-state index in [9.17, 15) is 0 Å². The Morgan fingerprint density at radius 2 is 1.73 bits per heavy atom. The molecule has 6 nitrogen and oxygen atoms in total. The molecule has 5 rings (SSSR count). The highest BCUT2D eigenvalue weighted by Gasteiger charge is 2.23. The van der Waals surface area contributed by atoms with Gasteiger partial charge in [-0.3, -0.25) is 14.9 Å². The molecule has 3 aromatic heterocycles. The number of likely N-dealkylation sites (tertiary alicyclic amines) is 1. The minimum Gasteiger partial charge on any atom is -0.305 e. The van der Waals surface area contributed by atoms with Crippen molar-refractivity contribution < 1.29 is 0 Å². The predicted molar refractivity (Wildman–Crippen MR) is 131 cm³/mol. The Kier molecular flexibility index (Phi) is 6.19. The van der Waals surface area contributed by atoms with E-state index >= 15 is 0 Å². The van der Waals surface area contributed by atoms with Crippen LogP contribution in [0.5, 0.6) is 0 Å². The van der Waals surface area contributed by atoms with Crippen LogP contribution in [0, 0.1) is 0 Å². The molecule has 0 amide bonds. The molecule has 0 radical (unpaired) electrons. The molecule has 0 aliphatic carbocycles. The molecule has 4 heterocycles. The van der Waals surface area contributed by atoms with Crippen molar-refractivity contribution in [2.45, 2.75) is 19.0 Å². The largest absolute Gasteiger partial charge is 0.305 e. The second-order valence-corrected chi connectivity index (χ2v) is 8.78. The Bertz CT molecular complexity index is 1210. The highest BCUT2D eigenvalue weighted by molar-refractivity contribution is 5.70. The molecular formula is C27H28N6. The van der Waals surface area contributed by atoms with Crippen molar-refractivity contribution in [3.8, 4) is 33.9 Å². The van der Waals surface area contributed by atoms with E-state index < -0.39 is 0 Å². The summed E-state index contributed by atoms with van der Waals surface area (Å²) in [6.45, 7) is 3.30. The average molecular weight is 437 g/mol. The van der Waals surface area contributed by atoms with Crippen LogP contribution in [0.25, 0.3) is 33.9 Å². The molecule has 1 atom stereocenters. The molecular weight excluding hydrogens is 408 g/mol. The van der Waals surface area contributed by atoms with Crippen molar-refractivity contribution in [2.24, 2.45) is 0 Å². The molecule has 6 heteroatoms. The SMILES string of the molecule is CN(C)C1CCN(Cc2ccc(-c3cncc(-c4ccnc(-c5ccccn5)n4)c3)cc2)C1. The van der Waals surface area contributed by atoms with Crippen molar-refractivity contribution in [3.63, 3.8) is 0 Å². The summed E-state index contributed by atoms with van der Waals surface area (Å²) in [5.41, 5.74) is 6.13. The molecule has 0 spiro atoms. The third kappa shape index (κ3) is 4.97. The van der Waals surface area contributed by atoms with Crippen molar-refractivity contribution in [3.05, 3.63) is 84.9 Å². The molecule has 33 heavy (non-hydrogen) atoms. The smallest absolute Gasteiger partial charge is 0.178 e. The summed E-state index contributed by atoms with van der Waals surface area (Å²) >= 11 is 0. The molecule has 166 valence electrons. The van der Waals surface area contributed by atoms with Crippen LogP contribution in [0.3, 0.4) is 0 Å². The lowest BCUT2D eigenvalue weighted by atomic mass is 10.0. The van der Waals surface area contributed by atoms with Gasteiger partial charge in [0, 0.05) is 61.6 Å². The van der Waals surface area contributed by atoms with Crippen LogP contribution in [0.2, 0.25) is 0 Å². The van der Waals surface area contributed by atoms with Gasteiger partial charge in [0.25, 0.3) is 0 Å². The van der Waals surface area contributed by atoms with Gasteiger partial charge in [0.05, 0.1) is 5.69 Å². The van der Waals surface area contributed by atoms with E-state index in [1.807, 2.05) is 36.7 Å². The lowest BCUT2D eigenvalue weighted by Crippen LogP contribution is -2.31. The van der Waals surface area contributed by atoms with Gasteiger partial charge in [-0.25, -0.2) is 9.97 Å². The van der Waals surface area contributed by atoms with E-state index in [0.717, 1.165) is 47.7 Å². The highest BCUT2D eigenvalue weighted by Crippen LogP contribution is 2.26. The lowest BCUT2D eigenvalue weighted by molar-refractivity contribution is 0.264. The molecule has 0 saturated carbocycles. The number of aromatic nitrogens is 4. The van der Waals surface area contributed by atoms with E-state index in [-0.39, 0.29) is 0 Å². The Balaban J connectivity index is 1.33. The number of pyridine rings is 2. The minimum atomic E-state index is 0.612. The third-order valence-electron chi connectivity index (χ3n) is 6.25. The van der Waals surface area contributed by atoms with Gasteiger partial charge >= 0.3 is 0 Å². The van der Waals surface area contributed by atoms with Crippen LogP contribution < -0.4 is 0 Å². The van der Waals surface area contributed by atoms with Crippen LogP contribution in [0.1, 0.15) is 12.0 Å². The van der Waals surface area contributed by atoms with Gasteiger partial charge in [0.15, 0.2) is 5.82 Å². The van der Waals surface area contributed by atoms with Crippen LogP contribution in [-0.4, -0.2) is 63.0 Å². The molecule has 1 aliphatic heterocycles. The first kappa shape index (κ1) is 21.4. The summed E-state index contributed by atoms with van der Waals surface area (Å²) in [5.74, 6) is 0.612. The molecule has 1 saturated heterocycles. The topological polar surface area (TPSA) is 58.0 Å². The zero-order valence-corrected chi connectivity index (χ0v) is 19.1. The zero-order valence-electron chi connectivity index (χ0n) is 19.1. The molecule has 1 aliphatic rings. The first-order valence-corrected chi connectivity index (χ1v) is 11.3. The maximum atomic E-state index is 4.72. The molecule has 1 aromatic carbocycles. The molecule has 0 N–H and O–H groups in total. The quantitative estimate of drug-likeness (QED) is 0.446. The fourth-order valence-electron chi connectivity index (χ4n) is 4.31. The van der Waals surface area contributed by atoms with Crippen molar-refractivity contribution >= 4 is 0 Å². The van der Waals surface area contributed by atoms with Crippen LogP contribution in [0.15, 0.2) is 79.4 Å². The Hall–Kier alpha value is -3.48. The summed E-state index contributed by atoms with van der Waals surface area (Å²) < 4.78 is 0. The summed E-state index contributed by atoms with van der Waals surface area (Å²) in [6.07, 6.45) is 8.52. The summed E-state index contributed by atoms with van der Waals surface area (Å²) in [4.78, 5) is 22.8. The zero-order chi connectivity index (χ0) is 22.6. The van der Waals surface area contributed by atoms with Gasteiger partial charge in [-0.05, 0) is 55.9 Å². The summed E-state index contributed by atoms with van der Waals surface area (Å²) in [7, 11) is 4.35.